The summed E-state index contributed by atoms with van der Waals surface area (Å²) in [6.07, 6.45) is 0. The van der Waals surface area contributed by atoms with Crippen LogP contribution < -0.4 is 0 Å². The summed E-state index contributed by atoms with van der Waals surface area (Å²) < 4.78 is 2.23. The Kier molecular flexibility index (Phi) is 3.69. The van der Waals surface area contributed by atoms with Crippen molar-refractivity contribution in [2.75, 3.05) is 0 Å². The van der Waals surface area contributed by atoms with Gasteiger partial charge in [0, 0.05) is 18.6 Å². The minimum absolute atomic E-state index is 0.786. The second-order valence-electron chi connectivity index (χ2n) is 3.08. The highest BCUT2D eigenvalue weighted by Gasteiger charge is 2.09. The van der Waals surface area contributed by atoms with E-state index in [0.29, 0.717) is 0 Å². The standard InChI is InChI=1S/C12H7BrClI/c13-9-5-2-1-4-8(9)12-10(14)6-3-7-11(12)15/h1-7H. The van der Waals surface area contributed by atoms with Gasteiger partial charge in [0.1, 0.15) is 0 Å². The fraction of sp³-hybridized carbons (Fsp3) is 0. The van der Waals surface area contributed by atoms with Gasteiger partial charge < -0.3 is 0 Å². The highest BCUT2D eigenvalue weighted by Crippen LogP contribution is 2.36. The van der Waals surface area contributed by atoms with E-state index in [9.17, 15) is 0 Å². The molecule has 0 aliphatic rings. The molecular formula is C12H7BrClI. The smallest absolute Gasteiger partial charge is 0.0495 e. The quantitative estimate of drug-likeness (QED) is 0.571. The van der Waals surface area contributed by atoms with E-state index in [1.807, 2.05) is 30.3 Å². The van der Waals surface area contributed by atoms with Gasteiger partial charge in [-0.25, -0.2) is 0 Å². The average molecular weight is 393 g/mol. The van der Waals surface area contributed by atoms with Crippen molar-refractivity contribution in [1.29, 1.82) is 0 Å². The van der Waals surface area contributed by atoms with Crippen molar-refractivity contribution in [3.05, 3.63) is 55.5 Å². The lowest BCUT2D eigenvalue weighted by Crippen LogP contribution is -1.85. The number of halogens is 3. The minimum Gasteiger partial charge on any atom is -0.0836 e. The van der Waals surface area contributed by atoms with Gasteiger partial charge in [0.2, 0.25) is 0 Å². The third kappa shape index (κ3) is 2.37. The van der Waals surface area contributed by atoms with Crippen LogP contribution in [0, 0.1) is 3.57 Å². The van der Waals surface area contributed by atoms with Gasteiger partial charge in [0.15, 0.2) is 0 Å². The summed E-state index contributed by atoms with van der Waals surface area (Å²) in [6, 6.07) is 14.0. The zero-order chi connectivity index (χ0) is 10.8. The zero-order valence-electron chi connectivity index (χ0n) is 7.68. The van der Waals surface area contributed by atoms with E-state index in [-0.39, 0.29) is 0 Å². The van der Waals surface area contributed by atoms with Gasteiger partial charge in [-0.3, -0.25) is 0 Å². The molecule has 15 heavy (non-hydrogen) atoms. The van der Waals surface area contributed by atoms with Crippen molar-refractivity contribution >= 4 is 50.1 Å². The first kappa shape index (κ1) is 11.4. The molecule has 0 heterocycles. The maximum Gasteiger partial charge on any atom is 0.0495 e. The van der Waals surface area contributed by atoms with Crippen LogP contribution in [-0.2, 0) is 0 Å². The maximum atomic E-state index is 6.21. The molecule has 0 unspecified atom stereocenters. The van der Waals surface area contributed by atoms with Crippen molar-refractivity contribution < 1.29 is 0 Å². The van der Waals surface area contributed by atoms with Gasteiger partial charge in [-0.15, -0.1) is 0 Å². The lowest BCUT2D eigenvalue weighted by Gasteiger charge is -2.08. The van der Waals surface area contributed by atoms with Crippen molar-refractivity contribution in [2.24, 2.45) is 0 Å². The van der Waals surface area contributed by atoms with Gasteiger partial charge in [-0.05, 0) is 46.4 Å². The molecule has 0 saturated carbocycles. The van der Waals surface area contributed by atoms with E-state index >= 15 is 0 Å². The first-order valence-electron chi connectivity index (χ1n) is 4.39. The highest BCUT2D eigenvalue weighted by atomic mass is 127. The van der Waals surface area contributed by atoms with Crippen LogP contribution in [0.2, 0.25) is 5.02 Å². The molecule has 0 radical (unpaired) electrons. The van der Waals surface area contributed by atoms with E-state index in [0.717, 1.165) is 24.2 Å². The van der Waals surface area contributed by atoms with Crippen LogP contribution in [0.3, 0.4) is 0 Å². The van der Waals surface area contributed by atoms with Crippen molar-refractivity contribution in [1.82, 2.24) is 0 Å². The number of benzene rings is 2. The van der Waals surface area contributed by atoms with E-state index in [2.05, 4.69) is 50.7 Å². The Hall–Kier alpha value is -0.0600. The summed E-state index contributed by atoms with van der Waals surface area (Å²) in [5, 5.41) is 0.786. The van der Waals surface area contributed by atoms with Crippen LogP contribution in [0.15, 0.2) is 46.9 Å². The molecule has 0 spiro atoms. The first-order valence-corrected chi connectivity index (χ1v) is 6.64. The molecular weight excluding hydrogens is 386 g/mol. The lowest BCUT2D eigenvalue weighted by atomic mass is 10.1. The van der Waals surface area contributed by atoms with Crippen LogP contribution in [0.4, 0.5) is 0 Å². The van der Waals surface area contributed by atoms with E-state index in [1.165, 1.54) is 0 Å². The summed E-state index contributed by atoms with van der Waals surface area (Å²) in [6.45, 7) is 0. The SMILES string of the molecule is Clc1cccc(I)c1-c1ccccc1Br. The Morgan fingerprint density at radius 3 is 2.40 bits per heavy atom. The fourth-order valence-corrected chi connectivity index (χ4v) is 3.13. The molecule has 0 aliphatic carbocycles. The van der Waals surface area contributed by atoms with Crippen LogP contribution in [0.1, 0.15) is 0 Å². The van der Waals surface area contributed by atoms with Crippen LogP contribution in [-0.4, -0.2) is 0 Å². The van der Waals surface area contributed by atoms with E-state index < -0.39 is 0 Å². The van der Waals surface area contributed by atoms with Crippen LogP contribution in [0.25, 0.3) is 11.1 Å². The third-order valence-electron chi connectivity index (χ3n) is 2.11. The van der Waals surface area contributed by atoms with Crippen LogP contribution >= 0.6 is 50.1 Å². The summed E-state index contributed by atoms with van der Waals surface area (Å²) >= 11 is 12.1. The topological polar surface area (TPSA) is 0 Å². The van der Waals surface area contributed by atoms with E-state index in [4.69, 9.17) is 11.6 Å². The summed E-state index contributed by atoms with van der Waals surface area (Å²) in [4.78, 5) is 0. The molecule has 0 saturated heterocycles. The Balaban J connectivity index is 2.69. The second-order valence-corrected chi connectivity index (χ2v) is 5.50. The average Bonchev–Trinajstić information content (AvgIpc) is 2.20. The number of rotatable bonds is 1. The molecule has 3 heteroatoms. The third-order valence-corrected chi connectivity index (χ3v) is 4.01. The lowest BCUT2D eigenvalue weighted by molar-refractivity contribution is 1.55. The van der Waals surface area contributed by atoms with Crippen LogP contribution in [0.5, 0.6) is 0 Å². The predicted molar refractivity (Wildman–Crippen MR) is 77.3 cm³/mol. The Morgan fingerprint density at radius 1 is 1.00 bits per heavy atom. The summed E-state index contributed by atoms with van der Waals surface area (Å²) in [5.41, 5.74) is 2.22. The molecule has 0 fully saturated rings. The van der Waals surface area contributed by atoms with Gasteiger partial charge in [0.05, 0.1) is 0 Å². The molecule has 2 rings (SSSR count). The van der Waals surface area contributed by atoms with Gasteiger partial charge in [-0.2, -0.15) is 0 Å². The largest absolute Gasteiger partial charge is 0.0836 e. The second kappa shape index (κ2) is 4.85. The van der Waals surface area contributed by atoms with E-state index in [1.54, 1.807) is 0 Å². The van der Waals surface area contributed by atoms with Crippen molar-refractivity contribution in [2.45, 2.75) is 0 Å². The summed E-state index contributed by atoms with van der Waals surface area (Å²) in [7, 11) is 0. The molecule has 0 N–H and O–H groups in total. The molecule has 76 valence electrons. The number of hydrogen-bond acceptors (Lipinski definition) is 0. The molecule has 0 aromatic heterocycles. The Labute approximate surface area is 116 Å². The van der Waals surface area contributed by atoms with Gasteiger partial charge in [-0.1, -0.05) is 51.8 Å². The zero-order valence-corrected chi connectivity index (χ0v) is 12.2. The highest BCUT2D eigenvalue weighted by molar-refractivity contribution is 14.1. The molecule has 2 aromatic carbocycles. The van der Waals surface area contributed by atoms with Crippen molar-refractivity contribution in [3.63, 3.8) is 0 Å². The molecule has 2 aromatic rings. The molecule has 0 atom stereocenters. The number of hydrogen-bond donors (Lipinski definition) is 0. The molecule has 0 bridgehead atoms. The monoisotopic (exact) mass is 392 g/mol. The molecule has 0 aliphatic heterocycles. The Morgan fingerprint density at radius 2 is 1.73 bits per heavy atom. The first-order chi connectivity index (χ1) is 7.20. The molecule has 0 nitrogen and oxygen atoms in total. The molecule has 0 amide bonds. The Bertz CT molecular complexity index is 476. The normalized spacial score (nSPS) is 10.3. The summed E-state index contributed by atoms with van der Waals surface area (Å²) in [5.74, 6) is 0. The van der Waals surface area contributed by atoms with Gasteiger partial charge >= 0.3 is 0 Å². The fourth-order valence-electron chi connectivity index (χ4n) is 1.42. The van der Waals surface area contributed by atoms with Crippen molar-refractivity contribution in [3.8, 4) is 11.1 Å². The minimum atomic E-state index is 0.786. The van der Waals surface area contributed by atoms with Gasteiger partial charge in [0.25, 0.3) is 0 Å². The maximum absolute atomic E-state index is 6.21. The predicted octanol–water partition coefficient (Wildman–Crippen LogP) is 5.37.